The van der Waals surface area contributed by atoms with Crippen LogP contribution < -0.4 is 0 Å². The zero-order valence-corrected chi connectivity index (χ0v) is 20.9. The van der Waals surface area contributed by atoms with E-state index in [9.17, 15) is 19.8 Å². The van der Waals surface area contributed by atoms with Crippen molar-refractivity contribution in [2.24, 2.45) is 0 Å². The Morgan fingerprint density at radius 1 is 1.03 bits per heavy atom. The first kappa shape index (κ1) is 27.9. The van der Waals surface area contributed by atoms with Gasteiger partial charge in [0, 0.05) is 51.8 Å². The molecule has 2 N–H and O–H groups in total. The minimum Gasteiger partial charge on any atom is -0.390 e. The van der Waals surface area contributed by atoms with Crippen molar-refractivity contribution >= 4 is 53.5 Å². The lowest BCUT2D eigenvalue weighted by atomic mass is 10.0. The molecule has 7 nitrogen and oxygen atoms in total. The van der Waals surface area contributed by atoms with E-state index in [0.29, 0.717) is 55.6 Å². The molecule has 1 aromatic rings. The first-order valence-corrected chi connectivity index (χ1v) is 11.9. The van der Waals surface area contributed by atoms with Gasteiger partial charge in [-0.05, 0) is 49.6 Å². The molecule has 2 atom stereocenters. The van der Waals surface area contributed by atoms with Gasteiger partial charge in [-0.2, -0.15) is 0 Å². The zero-order chi connectivity index (χ0) is 23.1. The van der Waals surface area contributed by atoms with Crippen LogP contribution in [-0.2, 0) is 9.59 Å². The van der Waals surface area contributed by atoms with E-state index in [0.717, 1.165) is 31.5 Å². The van der Waals surface area contributed by atoms with Crippen LogP contribution in [0.3, 0.4) is 0 Å². The number of halogens is 3. The third kappa shape index (κ3) is 8.42. The molecule has 0 aromatic heterocycles. The Morgan fingerprint density at radius 3 is 2.52 bits per heavy atom. The summed E-state index contributed by atoms with van der Waals surface area (Å²) >= 11 is 11.9. The van der Waals surface area contributed by atoms with Crippen LogP contribution in [0.4, 0.5) is 0 Å². The lowest BCUT2D eigenvalue weighted by Crippen LogP contribution is -2.46. The predicted octanol–water partition coefficient (Wildman–Crippen LogP) is 2.70. The van der Waals surface area contributed by atoms with E-state index in [2.05, 4.69) is 4.90 Å². The summed E-state index contributed by atoms with van der Waals surface area (Å²) in [7, 11) is 0. The lowest BCUT2D eigenvalue weighted by molar-refractivity contribution is -0.130. The van der Waals surface area contributed by atoms with E-state index >= 15 is 0 Å². The summed E-state index contributed by atoms with van der Waals surface area (Å²) in [6.07, 6.45) is 4.61. The summed E-state index contributed by atoms with van der Waals surface area (Å²) in [5, 5.41) is 20.3. The quantitative estimate of drug-likeness (QED) is 0.427. The molecule has 10 heteroatoms. The molecule has 1 aromatic carbocycles. The fraction of sp³-hybridized carbons (Fsp3) is 0.565. The summed E-state index contributed by atoms with van der Waals surface area (Å²) in [6.45, 7) is 4.24. The van der Waals surface area contributed by atoms with Crippen molar-refractivity contribution in [2.45, 2.75) is 37.9 Å². The van der Waals surface area contributed by atoms with Crippen LogP contribution in [-0.4, -0.2) is 94.7 Å². The van der Waals surface area contributed by atoms with E-state index < -0.39 is 12.2 Å². The Labute approximate surface area is 211 Å². The Morgan fingerprint density at radius 2 is 1.79 bits per heavy atom. The third-order valence-corrected chi connectivity index (χ3v) is 6.78. The second kappa shape index (κ2) is 13.5. The second-order valence-corrected chi connectivity index (χ2v) is 9.21. The molecule has 0 aliphatic carbocycles. The topological polar surface area (TPSA) is 84.3 Å². The highest BCUT2D eigenvalue weighted by Gasteiger charge is 2.26. The highest BCUT2D eigenvalue weighted by molar-refractivity contribution is 6.42. The Bertz CT molecular complexity index is 839. The maximum atomic E-state index is 12.6. The van der Waals surface area contributed by atoms with E-state index in [1.807, 2.05) is 4.90 Å². The molecule has 0 spiro atoms. The molecule has 2 fully saturated rings. The molecule has 2 saturated heterocycles. The van der Waals surface area contributed by atoms with E-state index in [1.165, 1.54) is 6.08 Å². The number of benzene rings is 1. The smallest absolute Gasteiger partial charge is 0.246 e. The van der Waals surface area contributed by atoms with Gasteiger partial charge in [-0.25, -0.2) is 0 Å². The van der Waals surface area contributed by atoms with Gasteiger partial charge in [-0.3, -0.25) is 9.59 Å². The molecule has 3 rings (SSSR count). The van der Waals surface area contributed by atoms with Gasteiger partial charge in [0.15, 0.2) is 0 Å². The van der Waals surface area contributed by atoms with Crippen LogP contribution in [0.2, 0.25) is 10.0 Å². The van der Waals surface area contributed by atoms with Crippen molar-refractivity contribution < 1.29 is 19.8 Å². The number of aliphatic hydroxyl groups is 2. The van der Waals surface area contributed by atoms with Gasteiger partial charge in [0.2, 0.25) is 11.8 Å². The fourth-order valence-corrected chi connectivity index (χ4v) is 4.34. The number of β-amino-alcohol motifs (C(OH)–C–C–N with tert-alkyl or cyclic N) is 1. The summed E-state index contributed by atoms with van der Waals surface area (Å²) < 4.78 is 0. The van der Waals surface area contributed by atoms with Crippen LogP contribution in [0, 0.1) is 0 Å². The van der Waals surface area contributed by atoms with Crippen LogP contribution in [0.5, 0.6) is 0 Å². The maximum absolute atomic E-state index is 12.6. The van der Waals surface area contributed by atoms with Crippen molar-refractivity contribution in [3.05, 3.63) is 39.9 Å². The fourth-order valence-electron chi connectivity index (χ4n) is 4.04. The van der Waals surface area contributed by atoms with Crippen LogP contribution >= 0.6 is 35.6 Å². The molecule has 2 aliphatic heterocycles. The number of amides is 2. The predicted molar refractivity (Wildman–Crippen MR) is 133 cm³/mol. The standard InChI is InChI=1S/C23H31Cl2N3O4.ClH/c24-18-5-3-17(15-19(18)25)4-6-22(31)28-12-8-23(32)27(13-14-28)10-2-1-9-26-11-7-20(29)21(30)16-26;/h3-6,15,20-21,29-30H,1-2,7-14,16H2;1H/b6-4+;. The number of carbonyl (C=O) groups is 2. The number of unbranched alkanes of at least 4 members (excludes halogenated alkanes) is 1. The summed E-state index contributed by atoms with van der Waals surface area (Å²) in [4.78, 5) is 30.8. The van der Waals surface area contributed by atoms with Crippen LogP contribution in [0.1, 0.15) is 31.2 Å². The van der Waals surface area contributed by atoms with Gasteiger partial charge in [0.1, 0.15) is 0 Å². The summed E-state index contributed by atoms with van der Waals surface area (Å²) in [5.74, 6) is -0.0538. The van der Waals surface area contributed by atoms with E-state index in [1.54, 1.807) is 29.2 Å². The van der Waals surface area contributed by atoms with Crippen LogP contribution in [0.25, 0.3) is 6.08 Å². The molecule has 33 heavy (non-hydrogen) atoms. The summed E-state index contributed by atoms with van der Waals surface area (Å²) in [5.41, 5.74) is 0.788. The molecule has 0 bridgehead atoms. The number of nitrogens with zero attached hydrogens (tertiary/aromatic N) is 3. The number of carbonyl (C=O) groups excluding carboxylic acids is 2. The van der Waals surface area contributed by atoms with Gasteiger partial charge in [-0.15, -0.1) is 12.4 Å². The minimum atomic E-state index is -0.676. The average Bonchev–Trinajstić information content (AvgIpc) is 2.96. The minimum absolute atomic E-state index is 0. The molecular weight excluding hydrogens is 489 g/mol. The molecule has 2 heterocycles. The number of piperidine rings is 1. The molecule has 2 aliphatic rings. The van der Waals surface area contributed by atoms with Crippen molar-refractivity contribution in [3.63, 3.8) is 0 Å². The van der Waals surface area contributed by atoms with Crippen molar-refractivity contribution in [2.75, 3.05) is 45.8 Å². The highest BCUT2D eigenvalue weighted by Crippen LogP contribution is 2.23. The molecule has 0 saturated carbocycles. The largest absolute Gasteiger partial charge is 0.390 e. The van der Waals surface area contributed by atoms with Gasteiger partial charge < -0.3 is 24.9 Å². The van der Waals surface area contributed by atoms with Crippen molar-refractivity contribution in [3.8, 4) is 0 Å². The number of rotatable bonds is 7. The van der Waals surface area contributed by atoms with Crippen molar-refractivity contribution in [1.29, 1.82) is 0 Å². The Kier molecular flexibility index (Phi) is 11.4. The first-order chi connectivity index (χ1) is 15.3. The lowest BCUT2D eigenvalue weighted by Gasteiger charge is -2.33. The number of hydrogen-bond donors (Lipinski definition) is 2. The zero-order valence-electron chi connectivity index (χ0n) is 18.5. The molecule has 2 unspecified atom stereocenters. The van der Waals surface area contributed by atoms with Gasteiger partial charge in [0.25, 0.3) is 0 Å². The number of likely N-dealkylation sites (tertiary alicyclic amines) is 1. The van der Waals surface area contributed by atoms with Gasteiger partial charge in [0.05, 0.1) is 22.3 Å². The molecular formula is C23H32Cl3N3O4. The molecule has 0 radical (unpaired) electrons. The van der Waals surface area contributed by atoms with Crippen LogP contribution in [0.15, 0.2) is 24.3 Å². The van der Waals surface area contributed by atoms with E-state index in [-0.39, 0.29) is 24.2 Å². The normalized spacial score (nSPS) is 22.4. The molecule has 184 valence electrons. The number of hydrogen-bond acceptors (Lipinski definition) is 5. The average molecular weight is 521 g/mol. The number of aliphatic hydroxyl groups excluding tert-OH is 2. The SMILES string of the molecule is Cl.O=C(/C=C/c1ccc(Cl)c(Cl)c1)N1CCC(=O)N(CCCCN2CCC(O)C(O)C2)CC1. The van der Waals surface area contributed by atoms with Gasteiger partial charge >= 0.3 is 0 Å². The van der Waals surface area contributed by atoms with E-state index in [4.69, 9.17) is 23.2 Å². The van der Waals surface area contributed by atoms with Crippen molar-refractivity contribution in [1.82, 2.24) is 14.7 Å². The second-order valence-electron chi connectivity index (χ2n) is 8.39. The Hall–Kier alpha value is -1.35. The maximum Gasteiger partial charge on any atom is 0.246 e. The monoisotopic (exact) mass is 519 g/mol. The molecule has 2 amide bonds. The highest BCUT2D eigenvalue weighted by atomic mass is 35.5. The van der Waals surface area contributed by atoms with Gasteiger partial charge in [-0.1, -0.05) is 29.3 Å². The summed E-state index contributed by atoms with van der Waals surface area (Å²) in [6, 6.07) is 5.18. The third-order valence-electron chi connectivity index (χ3n) is 6.04. The first-order valence-electron chi connectivity index (χ1n) is 11.1. The Balaban J connectivity index is 0.00000385.